The molecule has 3 nitrogen and oxygen atoms in total. The average Bonchev–Trinajstić information content (AvgIpc) is 2.77. The number of hydrogen-bond acceptors (Lipinski definition) is 2. The van der Waals surface area contributed by atoms with Gasteiger partial charge in [0.05, 0.1) is 5.69 Å². The fourth-order valence-electron chi connectivity index (χ4n) is 2.18. The van der Waals surface area contributed by atoms with Crippen molar-refractivity contribution in [3.63, 3.8) is 0 Å². The van der Waals surface area contributed by atoms with Gasteiger partial charge in [-0.25, -0.2) is 9.37 Å². The van der Waals surface area contributed by atoms with Crippen LogP contribution in [0, 0.1) is 12.7 Å². The number of rotatable bonds is 7. The first kappa shape index (κ1) is 14.6. The highest BCUT2D eigenvalue weighted by molar-refractivity contribution is 5.29. The second-order valence-electron chi connectivity index (χ2n) is 5.06. The zero-order valence-electron chi connectivity index (χ0n) is 12.2. The number of aryl methyl sites for hydroxylation is 3. The molecular formula is C16H22FN3. The van der Waals surface area contributed by atoms with Crippen LogP contribution in [0.25, 0.3) is 0 Å². The standard InChI is InChI=1S/C16H22FN3/c1-3-4-9-18-16-19-13(2)12-20(16)10-8-14-6-5-7-15(17)11-14/h5-7,11-12H,3-4,8-10H2,1-2H3,(H,18,19). The number of nitrogens with zero attached hydrogens (tertiary/aromatic N) is 2. The summed E-state index contributed by atoms with van der Waals surface area (Å²) in [5.74, 6) is 0.734. The van der Waals surface area contributed by atoms with E-state index in [9.17, 15) is 4.39 Å². The Kier molecular flexibility index (Phi) is 5.16. The minimum Gasteiger partial charge on any atom is -0.356 e. The van der Waals surface area contributed by atoms with E-state index in [1.807, 2.05) is 19.2 Å². The molecule has 4 heteroatoms. The fourth-order valence-corrected chi connectivity index (χ4v) is 2.18. The van der Waals surface area contributed by atoms with Gasteiger partial charge in [-0.1, -0.05) is 25.5 Å². The Bertz CT molecular complexity index is 548. The molecule has 0 aliphatic rings. The Morgan fingerprint density at radius 3 is 2.95 bits per heavy atom. The summed E-state index contributed by atoms with van der Waals surface area (Å²) in [6.45, 7) is 5.90. The molecule has 0 aliphatic carbocycles. The molecule has 0 saturated heterocycles. The number of aromatic nitrogens is 2. The molecule has 0 atom stereocenters. The number of nitrogens with one attached hydrogen (secondary N) is 1. The van der Waals surface area contributed by atoms with Crippen LogP contribution in [0.4, 0.5) is 10.3 Å². The van der Waals surface area contributed by atoms with Crippen LogP contribution in [0.2, 0.25) is 0 Å². The van der Waals surface area contributed by atoms with Gasteiger partial charge in [0.2, 0.25) is 5.95 Å². The van der Waals surface area contributed by atoms with Gasteiger partial charge >= 0.3 is 0 Å². The van der Waals surface area contributed by atoms with E-state index in [0.717, 1.165) is 49.6 Å². The van der Waals surface area contributed by atoms with Gasteiger partial charge in [-0.2, -0.15) is 0 Å². The van der Waals surface area contributed by atoms with Crippen LogP contribution in [0.1, 0.15) is 31.0 Å². The van der Waals surface area contributed by atoms with Gasteiger partial charge in [-0.3, -0.25) is 0 Å². The van der Waals surface area contributed by atoms with E-state index in [1.54, 1.807) is 12.1 Å². The predicted octanol–water partition coefficient (Wildman–Crippen LogP) is 3.79. The molecule has 1 aromatic heterocycles. The van der Waals surface area contributed by atoms with Crippen LogP contribution in [-0.2, 0) is 13.0 Å². The number of unbranched alkanes of at least 4 members (excludes halogenated alkanes) is 1. The van der Waals surface area contributed by atoms with Gasteiger partial charge in [0.1, 0.15) is 5.82 Å². The van der Waals surface area contributed by atoms with Crippen LogP contribution in [0.3, 0.4) is 0 Å². The molecule has 0 spiro atoms. The van der Waals surface area contributed by atoms with E-state index in [2.05, 4.69) is 21.8 Å². The lowest BCUT2D eigenvalue weighted by Crippen LogP contribution is -2.09. The van der Waals surface area contributed by atoms with Crippen molar-refractivity contribution < 1.29 is 4.39 Å². The molecule has 0 fully saturated rings. The summed E-state index contributed by atoms with van der Waals surface area (Å²) in [5, 5.41) is 3.36. The molecule has 2 aromatic rings. The highest BCUT2D eigenvalue weighted by atomic mass is 19.1. The minimum atomic E-state index is -0.175. The molecule has 0 amide bonds. The van der Waals surface area contributed by atoms with Crippen LogP contribution >= 0.6 is 0 Å². The Morgan fingerprint density at radius 1 is 1.35 bits per heavy atom. The van der Waals surface area contributed by atoms with Gasteiger partial charge in [-0.15, -0.1) is 0 Å². The SMILES string of the molecule is CCCCNc1nc(C)cn1CCc1cccc(F)c1. The monoisotopic (exact) mass is 275 g/mol. The zero-order chi connectivity index (χ0) is 14.4. The first-order valence-electron chi connectivity index (χ1n) is 7.21. The van der Waals surface area contributed by atoms with Crippen molar-refractivity contribution in [2.45, 2.75) is 39.7 Å². The molecule has 0 saturated carbocycles. The highest BCUT2D eigenvalue weighted by Crippen LogP contribution is 2.11. The summed E-state index contributed by atoms with van der Waals surface area (Å²) in [4.78, 5) is 4.49. The lowest BCUT2D eigenvalue weighted by molar-refractivity contribution is 0.622. The van der Waals surface area contributed by atoms with E-state index in [-0.39, 0.29) is 5.82 Å². The van der Waals surface area contributed by atoms with Gasteiger partial charge in [0.25, 0.3) is 0 Å². The maximum absolute atomic E-state index is 13.2. The summed E-state index contributed by atoms with van der Waals surface area (Å²) in [5.41, 5.74) is 2.01. The lowest BCUT2D eigenvalue weighted by atomic mass is 10.1. The summed E-state index contributed by atoms with van der Waals surface area (Å²) in [6, 6.07) is 6.78. The molecular weight excluding hydrogens is 253 g/mol. The first-order chi connectivity index (χ1) is 9.69. The van der Waals surface area contributed by atoms with E-state index >= 15 is 0 Å². The normalized spacial score (nSPS) is 10.8. The molecule has 0 aliphatic heterocycles. The number of imidazole rings is 1. The van der Waals surface area contributed by atoms with Gasteiger partial charge < -0.3 is 9.88 Å². The van der Waals surface area contributed by atoms with Crippen LogP contribution in [0.5, 0.6) is 0 Å². The highest BCUT2D eigenvalue weighted by Gasteiger charge is 2.05. The number of anilines is 1. The maximum atomic E-state index is 13.2. The summed E-state index contributed by atoms with van der Waals surface area (Å²) < 4.78 is 15.3. The number of halogens is 1. The first-order valence-corrected chi connectivity index (χ1v) is 7.21. The number of hydrogen-bond donors (Lipinski definition) is 1. The van der Waals surface area contributed by atoms with Crippen molar-refractivity contribution in [1.82, 2.24) is 9.55 Å². The van der Waals surface area contributed by atoms with Crippen LogP contribution in [0.15, 0.2) is 30.5 Å². The topological polar surface area (TPSA) is 29.9 Å². The zero-order valence-corrected chi connectivity index (χ0v) is 12.2. The van der Waals surface area contributed by atoms with Crippen molar-refractivity contribution in [1.29, 1.82) is 0 Å². The molecule has 1 N–H and O–H groups in total. The van der Waals surface area contributed by atoms with Crippen LogP contribution in [-0.4, -0.2) is 16.1 Å². The van der Waals surface area contributed by atoms with Gasteiger partial charge in [0, 0.05) is 19.3 Å². The molecule has 108 valence electrons. The molecule has 0 bridgehead atoms. The van der Waals surface area contributed by atoms with E-state index < -0.39 is 0 Å². The summed E-state index contributed by atoms with van der Waals surface area (Å²) in [6.07, 6.45) is 5.13. The third-order valence-corrected chi connectivity index (χ3v) is 3.24. The molecule has 0 unspecified atom stereocenters. The molecule has 1 heterocycles. The average molecular weight is 275 g/mol. The summed E-state index contributed by atoms with van der Waals surface area (Å²) in [7, 11) is 0. The van der Waals surface area contributed by atoms with Crippen molar-refractivity contribution >= 4 is 5.95 Å². The predicted molar refractivity (Wildman–Crippen MR) is 80.5 cm³/mol. The van der Waals surface area contributed by atoms with Crippen LogP contribution < -0.4 is 5.32 Å². The fraction of sp³-hybridized carbons (Fsp3) is 0.438. The molecule has 2 rings (SSSR count). The second kappa shape index (κ2) is 7.08. The van der Waals surface area contributed by atoms with E-state index in [1.165, 1.54) is 6.07 Å². The third-order valence-electron chi connectivity index (χ3n) is 3.24. The lowest BCUT2D eigenvalue weighted by Gasteiger charge is -2.09. The van der Waals surface area contributed by atoms with Crippen molar-refractivity contribution in [3.8, 4) is 0 Å². The summed E-state index contributed by atoms with van der Waals surface area (Å²) >= 11 is 0. The largest absolute Gasteiger partial charge is 0.356 e. The minimum absolute atomic E-state index is 0.175. The maximum Gasteiger partial charge on any atom is 0.203 e. The Labute approximate surface area is 119 Å². The quantitative estimate of drug-likeness (QED) is 0.779. The second-order valence-corrected chi connectivity index (χ2v) is 5.06. The Hall–Kier alpha value is -1.84. The van der Waals surface area contributed by atoms with Crippen molar-refractivity contribution in [2.24, 2.45) is 0 Å². The van der Waals surface area contributed by atoms with Crippen molar-refractivity contribution in [2.75, 3.05) is 11.9 Å². The van der Waals surface area contributed by atoms with Crippen molar-refractivity contribution in [3.05, 3.63) is 47.5 Å². The molecule has 0 radical (unpaired) electrons. The van der Waals surface area contributed by atoms with Gasteiger partial charge in [-0.05, 0) is 37.5 Å². The molecule has 1 aromatic carbocycles. The van der Waals surface area contributed by atoms with Gasteiger partial charge in [0.15, 0.2) is 0 Å². The molecule has 20 heavy (non-hydrogen) atoms. The Balaban J connectivity index is 1.98. The number of benzene rings is 1. The van der Waals surface area contributed by atoms with E-state index in [4.69, 9.17) is 0 Å². The van der Waals surface area contributed by atoms with E-state index in [0.29, 0.717) is 0 Å². The smallest absolute Gasteiger partial charge is 0.203 e. The Morgan fingerprint density at radius 2 is 2.20 bits per heavy atom. The third kappa shape index (κ3) is 4.08.